The molecule has 10 heavy (non-hydrogen) atoms. The smallest absolute Gasteiger partial charge is 0.146 e. The molecule has 0 atom stereocenters. The van der Waals surface area contributed by atoms with Gasteiger partial charge in [0.1, 0.15) is -0.565 Å². The normalized spacial score (nSPS) is 13.8. The lowest BCUT2D eigenvalue weighted by Crippen LogP contribution is -2.15. The minimum atomic E-state index is -1.84. The minimum Gasteiger partial charge on any atom is -0.146 e. The van der Waals surface area contributed by atoms with E-state index in [2.05, 4.69) is 67.8 Å². The Hall–Kier alpha value is 2.99. The molecule has 62 valence electrons. The third kappa shape index (κ3) is 11.0. The van der Waals surface area contributed by atoms with Gasteiger partial charge in [0, 0.05) is 0 Å². The Morgan fingerprint density at radius 2 is 1.70 bits per heavy atom. The maximum Gasteiger partial charge on any atom is 0.248 e. The molecule has 0 radical (unpaired) electrons. The zero-order valence-corrected chi connectivity index (χ0v) is 14.3. The van der Waals surface area contributed by atoms with Crippen molar-refractivity contribution < 1.29 is 0 Å². The molecule has 0 spiro atoms. The van der Waals surface area contributed by atoms with Gasteiger partial charge in [0.15, 0.2) is 0 Å². The first-order chi connectivity index (χ1) is 4.21. The highest BCUT2D eigenvalue weighted by atomic mass is 127. The molecule has 0 N–H and O–H groups in total. The number of rotatable bonds is 3. The molecule has 0 rings (SSSR count). The van der Waals surface area contributed by atoms with E-state index in [0.717, 1.165) is 12.5 Å². The number of hydrogen-bond donors (Lipinski definition) is 0. The van der Waals surface area contributed by atoms with Crippen LogP contribution in [0.3, 0.4) is 0 Å². The van der Waals surface area contributed by atoms with E-state index in [9.17, 15) is 0 Å². The zero-order valence-electron chi connectivity index (χ0n) is 5.30. The highest BCUT2D eigenvalue weighted by molar-refractivity contribution is 14.3. The van der Waals surface area contributed by atoms with E-state index >= 15 is 0 Å². The molecule has 0 nitrogen and oxygen atoms in total. The van der Waals surface area contributed by atoms with Crippen LogP contribution in [0.25, 0.3) is 0 Å². The molecular formula is C4H7Cl2I3Si. The number of hydrogen-bond acceptors (Lipinski definition) is 0. The lowest BCUT2D eigenvalue weighted by atomic mass is 10.6. The van der Waals surface area contributed by atoms with Crippen molar-refractivity contribution in [3.8, 4) is 0 Å². The van der Waals surface area contributed by atoms with E-state index in [1.807, 2.05) is 6.55 Å². The molecule has 0 aliphatic carbocycles. The Labute approximate surface area is 113 Å². The van der Waals surface area contributed by atoms with Gasteiger partial charge in [-0.3, -0.25) is 0 Å². The summed E-state index contributed by atoms with van der Waals surface area (Å²) in [4.78, 5) is 0. The van der Waals surface area contributed by atoms with Gasteiger partial charge in [-0.25, -0.2) is 0 Å². The highest BCUT2D eigenvalue weighted by Crippen LogP contribution is 2.42. The molecule has 0 fully saturated rings. The molecule has 0 aliphatic rings. The van der Waals surface area contributed by atoms with Gasteiger partial charge in [0.2, 0.25) is 6.69 Å². The molecule has 0 unspecified atom stereocenters. The largest absolute Gasteiger partial charge is 0.248 e. The van der Waals surface area contributed by atoms with E-state index in [0.29, 0.717) is 0 Å². The Balaban J connectivity index is 3.56. The quantitative estimate of drug-likeness (QED) is 0.209. The first kappa shape index (κ1) is 13.0. The number of alkyl halides is 3. The topological polar surface area (TPSA) is 0 Å². The Morgan fingerprint density at radius 3 is 1.80 bits per heavy atom. The Morgan fingerprint density at radius 1 is 1.30 bits per heavy atom. The van der Waals surface area contributed by atoms with Crippen molar-refractivity contribution in [2.24, 2.45) is 0 Å². The fourth-order valence-corrected chi connectivity index (χ4v) is 4.08. The lowest BCUT2D eigenvalue weighted by Gasteiger charge is -2.15. The van der Waals surface area contributed by atoms with Crippen molar-refractivity contribution in [2.45, 2.75) is 18.4 Å². The van der Waals surface area contributed by atoms with Crippen LogP contribution < -0.4 is 0 Å². The summed E-state index contributed by atoms with van der Waals surface area (Å²) in [6.07, 6.45) is 1.09. The number of halogens is 5. The van der Waals surface area contributed by atoms with Gasteiger partial charge in [0.05, 0.1) is 0 Å². The van der Waals surface area contributed by atoms with Gasteiger partial charge in [-0.15, -0.1) is 22.2 Å². The van der Waals surface area contributed by atoms with Gasteiger partial charge < -0.3 is 0 Å². The molecule has 6 heteroatoms. The van der Waals surface area contributed by atoms with E-state index in [-0.39, 0.29) is -0.565 Å². The van der Waals surface area contributed by atoms with Crippen molar-refractivity contribution in [1.29, 1.82) is 0 Å². The van der Waals surface area contributed by atoms with Crippen LogP contribution in [-0.4, -0.2) is 6.13 Å². The second kappa shape index (κ2) is 5.01. The summed E-state index contributed by atoms with van der Waals surface area (Å²) in [7, 11) is 0. The molecular weight excluding hydrogens is 528 g/mol. The summed E-state index contributed by atoms with van der Waals surface area (Å²) in [6, 6.07) is 0.977. The first-order valence-corrected chi connectivity index (χ1v) is 10.6. The highest BCUT2D eigenvalue weighted by Gasteiger charge is 2.26. The third-order valence-corrected chi connectivity index (χ3v) is 4.73. The summed E-state index contributed by atoms with van der Waals surface area (Å²) in [5, 5.41) is 0. The lowest BCUT2D eigenvalue weighted by molar-refractivity contribution is 1.07. The summed E-state index contributed by atoms with van der Waals surface area (Å²) in [6.45, 7) is 0.127. The molecule has 0 aliphatic heterocycles. The maximum atomic E-state index is 5.93. The molecule has 0 saturated carbocycles. The van der Waals surface area contributed by atoms with Crippen molar-refractivity contribution >= 4 is 96.6 Å². The SMILES string of the molecule is C[Si](Cl)(Cl)CCC(I)(I)I. The van der Waals surface area contributed by atoms with Gasteiger partial charge >= 0.3 is 0 Å². The molecule has 0 aromatic rings. The van der Waals surface area contributed by atoms with Crippen LogP contribution in [-0.2, 0) is 0 Å². The van der Waals surface area contributed by atoms with Gasteiger partial charge in [-0.1, -0.05) is 67.8 Å². The Kier molecular flexibility index (Phi) is 6.51. The zero-order chi connectivity index (χ0) is 8.41. The minimum absolute atomic E-state index is 0.283. The fourth-order valence-electron chi connectivity index (χ4n) is 0.361. The monoisotopic (exact) mass is 534 g/mol. The van der Waals surface area contributed by atoms with Gasteiger partial charge in [-0.2, -0.15) is 0 Å². The van der Waals surface area contributed by atoms with Crippen molar-refractivity contribution in [3.05, 3.63) is 0 Å². The van der Waals surface area contributed by atoms with Crippen LogP contribution in [0.2, 0.25) is 12.6 Å². The summed E-state index contributed by atoms with van der Waals surface area (Å²) < 4.78 is 0.283. The average Bonchev–Trinajstić information content (AvgIpc) is 1.57. The summed E-state index contributed by atoms with van der Waals surface area (Å²) in [5.41, 5.74) is 0. The van der Waals surface area contributed by atoms with E-state index in [1.54, 1.807) is 0 Å². The first-order valence-electron chi connectivity index (χ1n) is 2.65. The van der Waals surface area contributed by atoms with E-state index in [1.165, 1.54) is 0 Å². The van der Waals surface area contributed by atoms with Crippen molar-refractivity contribution in [3.63, 3.8) is 0 Å². The molecule has 0 saturated heterocycles. The fraction of sp³-hybridized carbons (Fsp3) is 1.00. The molecule has 0 aromatic carbocycles. The molecule has 0 amide bonds. The van der Waals surface area contributed by atoms with Crippen LogP contribution >= 0.6 is 89.9 Å². The second-order valence-corrected chi connectivity index (χ2v) is 22.1. The molecule has 0 bridgehead atoms. The van der Waals surface area contributed by atoms with Crippen LogP contribution in [0.5, 0.6) is 0 Å². The van der Waals surface area contributed by atoms with Crippen LogP contribution in [0.1, 0.15) is 6.42 Å². The third-order valence-electron chi connectivity index (χ3n) is 0.847. The van der Waals surface area contributed by atoms with Crippen molar-refractivity contribution in [1.82, 2.24) is 0 Å². The standard InChI is InChI=1S/C4H7Cl2I3Si/c1-10(5,6)3-2-4(7,8)9/h2-3H2,1H3. The van der Waals surface area contributed by atoms with Gasteiger partial charge in [0.25, 0.3) is 0 Å². The maximum absolute atomic E-state index is 5.93. The van der Waals surface area contributed by atoms with Crippen molar-refractivity contribution in [2.75, 3.05) is 0 Å². The second-order valence-electron chi connectivity index (χ2n) is 2.19. The van der Waals surface area contributed by atoms with Gasteiger partial charge in [-0.05, 0) is 19.0 Å². The molecule has 0 heterocycles. The van der Waals surface area contributed by atoms with Crippen LogP contribution in [0, 0.1) is 0 Å². The average molecular weight is 535 g/mol. The predicted octanol–water partition coefficient (Wildman–Crippen LogP) is 4.88. The van der Waals surface area contributed by atoms with E-state index < -0.39 is 6.69 Å². The molecule has 0 aromatic heterocycles. The van der Waals surface area contributed by atoms with E-state index in [4.69, 9.17) is 22.2 Å². The predicted molar refractivity (Wildman–Crippen MR) is 77.5 cm³/mol. The summed E-state index contributed by atoms with van der Waals surface area (Å²) in [5.74, 6) is 0. The van der Waals surface area contributed by atoms with Crippen LogP contribution in [0.15, 0.2) is 0 Å². The van der Waals surface area contributed by atoms with Crippen LogP contribution in [0.4, 0.5) is 0 Å². The Bertz CT molecular complexity index is 92.1. The summed E-state index contributed by atoms with van der Waals surface area (Å²) >= 11 is 19.1.